The lowest BCUT2D eigenvalue weighted by atomic mass is 10.1. The number of aryl methyl sites for hydroxylation is 1. The molecule has 1 aromatic heterocycles. The van der Waals surface area contributed by atoms with Crippen LogP contribution in [0.2, 0.25) is 0 Å². The van der Waals surface area contributed by atoms with E-state index < -0.39 is 0 Å². The van der Waals surface area contributed by atoms with Gasteiger partial charge in [0.15, 0.2) is 0 Å². The van der Waals surface area contributed by atoms with Crippen molar-refractivity contribution in [3.63, 3.8) is 0 Å². The van der Waals surface area contributed by atoms with Gasteiger partial charge in [0, 0.05) is 12.4 Å². The van der Waals surface area contributed by atoms with E-state index in [0.29, 0.717) is 6.04 Å². The predicted octanol–water partition coefficient (Wildman–Crippen LogP) is 2.24. The number of para-hydroxylation sites is 1. The van der Waals surface area contributed by atoms with Crippen molar-refractivity contribution >= 4 is 10.9 Å². The molecule has 1 heterocycles. The first-order valence-corrected chi connectivity index (χ1v) is 5.36. The monoisotopic (exact) mass is 203 g/mol. The number of benzene rings is 1. The average Bonchev–Trinajstić information content (AvgIpc) is 2.60. The molecule has 0 fully saturated rings. The molecule has 1 atom stereocenters. The maximum absolute atomic E-state index is 4.59. The van der Waals surface area contributed by atoms with Gasteiger partial charge in [-0.05, 0) is 19.5 Å². The van der Waals surface area contributed by atoms with E-state index in [4.69, 9.17) is 0 Å². The van der Waals surface area contributed by atoms with Crippen LogP contribution in [0.5, 0.6) is 0 Å². The van der Waals surface area contributed by atoms with Crippen LogP contribution in [0.3, 0.4) is 0 Å². The van der Waals surface area contributed by atoms with Crippen molar-refractivity contribution in [3.05, 3.63) is 30.0 Å². The largest absolute Gasteiger partial charge is 0.312 e. The first kappa shape index (κ1) is 10.2. The van der Waals surface area contributed by atoms with E-state index >= 15 is 0 Å². The van der Waals surface area contributed by atoms with Crippen LogP contribution in [0.25, 0.3) is 10.9 Å². The van der Waals surface area contributed by atoms with Crippen LogP contribution in [0.1, 0.15) is 25.1 Å². The zero-order chi connectivity index (χ0) is 10.8. The second-order valence-corrected chi connectivity index (χ2v) is 3.78. The van der Waals surface area contributed by atoms with E-state index in [1.807, 2.05) is 24.8 Å². The van der Waals surface area contributed by atoms with Gasteiger partial charge in [0.2, 0.25) is 0 Å². The van der Waals surface area contributed by atoms with Crippen molar-refractivity contribution in [2.45, 2.75) is 19.4 Å². The minimum atomic E-state index is 0.344. The molecule has 80 valence electrons. The number of nitrogens with zero attached hydrogens (tertiary/aromatic N) is 2. The molecule has 3 nitrogen and oxygen atoms in total. The summed E-state index contributed by atoms with van der Waals surface area (Å²) in [4.78, 5) is 0. The Bertz CT molecular complexity index is 455. The smallest absolute Gasteiger partial charge is 0.0872 e. The number of nitrogens with one attached hydrogen (secondary N) is 1. The summed E-state index contributed by atoms with van der Waals surface area (Å²) in [5, 5.41) is 9.13. The zero-order valence-electron chi connectivity index (χ0n) is 9.49. The topological polar surface area (TPSA) is 29.9 Å². The van der Waals surface area contributed by atoms with Gasteiger partial charge in [0.25, 0.3) is 0 Å². The predicted molar refractivity (Wildman–Crippen MR) is 62.8 cm³/mol. The van der Waals surface area contributed by atoms with E-state index in [9.17, 15) is 0 Å². The Morgan fingerprint density at radius 2 is 2.13 bits per heavy atom. The molecular weight excluding hydrogens is 186 g/mol. The minimum Gasteiger partial charge on any atom is -0.312 e. The van der Waals surface area contributed by atoms with Crippen molar-refractivity contribution in [3.8, 4) is 0 Å². The maximum atomic E-state index is 4.59. The molecule has 1 unspecified atom stereocenters. The van der Waals surface area contributed by atoms with E-state index in [0.717, 1.165) is 12.1 Å². The summed E-state index contributed by atoms with van der Waals surface area (Å²) >= 11 is 0. The third-order valence-corrected chi connectivity index (χ3v) is 2.87. The highest BCUT2D eigenvalue weighted by atomic mass is 15.3. The molecule has 0 bridgehead atoms. The van der Waals surface area contributed by atoms with Crippen molar-refractivity contribution in [1.29, 1.82) is 0 Å². The van der Waals surface area contributed by atoms with Crippen LogP contribution in [-0.2, 0) is 7.05 Å². The van der Waals surface area contributed by atoms with Gasteiger partial charge in [-0.3, -0.25) is 4.68 Å². The molecule has 1 aromatic carbocycles. The molecule has 0 saturated heterocycles. The van der Waals surface area contributed by atoms with E-state index in [1.165, 1.54) is 10.9 Å². The Labute approximate surface area is 90.1 Å². The maximum Gasteiger partial charge on any atom is 0.0872 e. The first-order chi connectivity index (χ1) is 7.27. The number of aromatic nitrogens is 2. The fraction of sp³-hybridized carbons (Fsp3) is 0.417. The van der Waals surface area contributed by atoms with Crippen LogP contribution >= 0.6 is 0 Å². The Kier molecular flexibility index (Phi) is 2.73. The molecule has 15 heavy (non-hydrogen) atoms. The van der Waals surface area contributed by atoms with Crippen molar-refractivity contribution in [1.82, 2.24) is 15.1 Å². The van der Waals surface area contributed by atoms with Gasteiger partial charge in [-0.15, -0.1) is 0 Å². The Balaban J connectivity index is 2.61. The molecule has 0 radical (unpaired) electrons. The standard InChI is InChI=1S/C12H17N3/c1-4-10(13-2)12-9-7-5-6-8-11(9)15(3)14-12/h5-8,10,13H,4H2,1-3H3. The van der Waals surface area contributed by atoms with Gasteiger partial charge < -0.3 is 5.32 Å². The van der Waals surface area contributed by atoms with Gasteiger partial charge in [0.05, 0.1) is 17.3 Å². The number of rotatable bonds is 3. The minimum absolute atomic E-state index is 0.344. The molecule has 1 N–H and O–H groups in total. The molecule has 2 rings (SSSR count). The van der Waals surface area contributed by atoms with Crippen molar-refractivity contribution < 1.29 is 0 Å². The molecule has 2 aromatic rings. The fourth-order valence-electron chi connectivity index (χ4n) is 2.03. The van der Waals surface area contributed by atoms with Crippen LogP contribution < -0.4 is 5.32 Å². The Morgan fingerprint density at radius 1 is 1.40 bits per heavy atom. The molecule has 0 aliphatic heterocycles. The van der Waals surface area contributed by atoms with E-state index in [2.05, 4.69) is 35.5 Å². The molecule has 0 spiro atoms. The summed E-state index contributed by atoms with van der Waals surface area (Å²) in [6, 6.07) is 8.70. The summed E-state index contributed by atoms with van der Waals surface area (Å²) in [6.45, 7) is 2.17. The summed E-state index contributed by atoms with van der Waals surface area (Å²) in [6.07, 6.45) is 1.05. The van der Waals surface area contributed by atoms with Gasteiger partial charge in [0.1, 0.15) is 0 Å². The van der Waals surface area contributed by atoms with Crippen molar-refractivity contribution in [2.24, 2.45) is 7.05 Å². The van der Waals surface area contributed by atoms with Gasteiger partial charge in [-0.2, -0.15) is 5.10 Å². The van der Waals surface area contributed by atoms with Crippen LogP contribution in [0, 0.1) is 0 Å². The summed E-state index contributed by atoms with van der Waals surface area (Å²) in [5.41, 5.74) is 2.35. The molecular formula is C12H17N3. The lowest BCUT2D eigenvalue weighted by Crippen LogP contribution is -2.16. The number of hydrogen-bond donors (Lipinski definition) is 1. The summed E-state index contributed by atoms with van der Waals surface area (Å²) < 4.78 is 1.95. The zero-order valence-corrected chi connectivity index (χ0v) is 9.49. The first-order valence-electron chi connectivity index (χ1n) is 5.36. The lowest BCUT2D eigenvalue weighted by molar-refractivity contribution is 0.554. The molecule has 0 aliphatic rings. The molecule has 0 saturated carbocycles. The van der Waals surface area contributed by atoms with Gasteiger partial charge >= 0.3 is 0 Å². The van der Waals surface area contributed by atoms with E-state index in [-0.39, 0.29) is 0 Å². The average molecular weight is 203 g/mol. The van der Waals surface area contributed by atoms with Crippen LogP contribution in [0.4, 0.5) is 0 Å². The quantitative estimate of drug-likeness (QED) is 0.829. The third-order valence-electron chi connectivity index (χ3n) is 2.87. The molecule has 0 aliphatic carbocycles. The molecule has 3 heteroatoms. The van der Waals surface area contributed by atoms with Crippen molar-refractivity contribution in [2.75, 3.05) is 7.05 Å². The van der Waals surface area contributed by atoms with Crippen LogP contribution in [-0.4, -0.2) is 16.8 Å². The molecule has 0 amide bonds. The summed E-state index contributed by atoms with van der Waals surface area (Å²) in [7, 11) is 3.98. The second-order valence-electron chi connectivity index (χ2n) is 3.78. The Morgan fingerprint density at radius 3 is 2.80 bits per heavy atom. The SMILES string of the molecule is CCC(NC)c1nn(C)c2ccccc12. The Hall–Kier alpha value is -1.35. The number of hydrogen-bond acceptors (Lipinski definition) is 2. The fourth-order valence-corrected chi connectivity index (χ4v) is 2.03. The highest BCUT2D eigenvalue weighted by molar-refractivity contribution is 5.82. The van der Waals surface area contributed by atoms with E-state index in [1.54, 1.807) is 0 Å². The highest BCUT2D eigenvalue weighted by Gasteiger charge is 2.14. The van der Waals surface area contributed by atoms with Gasteiger partial charge in [-0.25, -0.2) is 0 Å². The normalized spacial score (nSPS) is 13.3. The second kappa shape index (κ2) is 4.03. The van der Waals surface area contributed by atoms with Gasteiger partial charge in [-0.1, -0.05) is 25.1 Å². The third kappa shape index (κ3) is 1.63. The summed E-state index contributed by atoms with van der Waals surface area (Å²) in [5.74, 6) is 0. The number of fused-ring (bicyclic) bond motifs is 1. The highest BCUT2D eigenvalue weighted by Crippen LogP contribution is 2.24. The van der Waals surface area contributed by atoms with Crippen LogP contribution in [0.15, 0.2) is 24.3 Å². The lowest BCUT2D eigenvalue weighted by Gasteiger charge is -2.10.